The van der Waals surface area contributed by atoms with E-state index >= 15 is 0 Å². The molecule has 8 nitrogen and oxygen atoms in total. The molecule has 1 aromatic heterocycles. The number of benzene rings is 3. The molecule has 1 saturated heterocycles. The van der Waals surface area contributed by atoms with Crippen molar-refractivity contribution < 1.29 is 9.59 Å². The molecule has 1 atom stereocenters. The van der Waals surface area contributed by atoms with Gasteiger partial charge in [-0.2, -0.15) is 5.26 Å². The van der Waals surface area contributed by atoms with Gasteiger partial charge in [0.15, 0.2) is 0 Å². The minimum absolute atomic E-state index is 0.0113. The second-order valence-electron chi connectivity index (χ2n) is 11.0. The molecule has 3 aromatic carbocycles. The Bertz CT molecular complexity index is 1890. The van der Waals surface area contributed by atoms with Gasteiger partial charge in [-0.25, -0.2) is 0 Å². The summed E-state index contributed by atoms with van der Waals surface area (Å²) in [6, 6.07) is 20.1. The van der Waals surface area contributed by atoms with E-state index in [1.165, 1.54) is 6.08 Å². The Morgan fingerprint density at radius 2 is 1.79 bits per heavy atom. The average Bonchev–Trinajstić information content (AvgIpc) is 3.00. The number of aromatic nitrogens is 1. The Hall–Kier alpha value is -4.87. The number of hydrogen-bond acceptors (Lipinski definition) is 5. The van der Waals surface area contributed by atoms with Gasteiger partial charge in [0.1, 0.15) is 11.6 Å². The smallest absolute Gasteiger partial charge is 0.275 e. The van der Waals surface area contributed by atoms with Crippen molar-refractivity contribution in [2.45, 2.75) is 32.7 Å². The van der Waals surface area contributed by atoms with E-state index in [1.54, 1.807) is 45.9 Å². The van der Waals surface area contributed by atoms with Crippen LogP contribution in [0.25, 0.3) is 27.7 Å². The number of carbonyl (C=O) groups excluding carboxylic acids is 2. The average molecular weight is 594 g/mol. The second-order valence-corrected chi connectivity index (χ2v) is 11.4. The number of piperazine rings is 1. The highest BCUT2D eigenvalue weighted by Gasteiger charge is 2.31. The highest BCUT2D eigenvalue weighted by Crippen LogP contribution is 2.40. The quantitative estimate of drug-likeness (QED) is 0.291. The van der Waals surface area contributed by atoms with Crippen molar-refractivity contribution in [3.05, 3.63) is 105 Å². The summed E-state index contributed by atoms with van der Waals surface area (Å²) in [5.41, 5.74) is 9.19. The number of carbonyl (C=O) groups is 2. The molecule has 0 radical (unpaired) electrons. The van der Waals surface area contributed by atoms with Gasteiger partial charge in [-0.1, -0.05) is 68.4 Å². The SMILES string of the molecule is C=CC(=O)N1CCN(c2c(C#N)c(=O)n(-c3ccccc3C(C)C)c3cc(-c4ccccc4C(N)=O)c(Cl)cc23)[C@@H](C)C1. The summed E-state index contributed by atoms with van der Waals surface area (Å²) in [6.07, 6.45) is 1.29. The van der Waals surface area contributed by atoms with Gasteiger partial charge in [-0.3, -0.25) is 19.0 Å². The van der Waals surface area contributed by atoms with Crippen LogP contribution in [0.4, 0.5) is 5.69 Å². The monoisotopic (exact) mass is 593 g/mol. The number of nitrogens with two attached hydrogens (primary N) is 1. The minimum Gasteiger partial charge on any atom is -0.366 e. The van der Waals surface area contributed by atoms with Crippen LogP contribution < -0.4 is 16.2 Å². The highest BCUT2D eigenvalue weighted by atomic mass is 35.5. The molecule has 0 saturated carbocycles. The molecule has 9 heteroatoms. The summed E-state index contributed by atoms with van der Waals surface area (Å²) < 4.78 is 1.57. The number of pyridine rings is 1. The summed E-state index contributed by atoms with van der Waals surface area (Å²) in [6.45, 7) is 10.8. The van der Waals surface area contributed by atoms with Gasteiger partial charge in [0.2, 0.25) is 11.8 Å². The van der Waals surface area contributed by atoms with Crippen molar-refractivity contribution in [1.82, 2.24) is 9.47 Å². The van der Waals surface area contributed by atoms with E-state index in [-0.39, 0.29) is 23.4 Å². The maximum absolute atomic E-state index is 14.4. The predicted molar refractivity (Wildman–Crippen MR) is 171 cm³/mol. The standard InChI is InChI=1S/C34H32ClN5O3/c1-5-31(41)38-14-15-39(21(4)19-38)32-26-16-28(35)25(23-11-6-7-12-24(23)33(37)42)17-30(26)40(34(43)27(32)18-36)29-13-9-8-10-22(29)20(2)3/h5-13,16-17,20-21H,1,14-15,19H2,2-4H3,(H2,37,42)/t21-/m0/s1. The fraction of sp³-hybridized carbons (Fsp3) is 0.235. The van der Waals surface area contributed by atoms with Gasteiger partial charge in [0.25, 0.3) is 5.56 Å². The molecule has 5 rings (SSSR count). The molecular weight excluding hydrogens is 562 g/mol. The number of nitriles is 1. The number of nitrogens with zero attached hydrogens (tertiary/aromatic N) is 4. The first kappa shape index (κ1) is 29.6. The number of amides is 2. The van der Waals surface area contributed by atoms with Crippen LogP contribution in [0.1, 0.15) is 48.2 Å². The van der Waals surface area contributed by atoms with Gasteiger partial charge in [-0.05, 0) is 54.3 Å². The van der Waals surface area contributed by atoms with Gasteiger partial charge < -0.3 is 15.5 Å². The summed E-state index contributed by atoms with van der Waals surface area (Å²) in [5.74, 6) is -0.685. The number of anilines is 1. The molecule has 1 aliphatic rings. The molecule has 4 aromatic rings. The van der Waals surface area contributed by atoms with E-state index in [4.69, 9.17) is 17.3 Å². The number of primary amides is 1. The molecule has 43 heavy (non-hydrogen) atoms. The van der Waals surface area contributed by atoms with Crippen molar-refractivity contribution in [2.24, 2.45) is 5.73 Å². The van der Waals surface area contributed by atoms with Gasteiger partial charge >= 0.3 is 0 Å². The van der Waals surface area contributed by atoms with Gasteiger partial charge in [-0.15, -0.1) is 0 Å². The first-order valence-corrected chi connectivity index (χ1v) is 14.5. The highest BCUT2D eigenvalue weighted by molar-refractivity contribution is 6.34. The lowest BCUT2D eigenvalue weighted by molar-refractivity contribution is -0.126. The van der Waals surface area contributed by atoms with E-state index in [0.29, 0.717) is 63.6 Å². The predicted octanol–water partition coefficient (Wildman–Crippen LogP) is 5.63. The summed E-state index contributed by atoms with van der Waals surface area (Å²) in [4.78, 5) is 42.8. The minimum atomic E-state index is -0.601. The van der Waals surface area contributed by atoms with Crippen LogP contribution in [0, 0.1) is 11.3 Å². The lowest BCUT2D eigenvalue weighted by atomic mass is 9.95. The van der Waals surface area contributed by atoms with E-state index in [1.807, 2.05) is 49.9 Å². The summed E-state index contributed by atoms with van der Waals surface area (Å²) in [5, 5.41) is 11.4. The molecule has 1 aliphatic heterocycles. The molecule has 1 fully saturated rings. The van der Waals surface area contributed by atoms with Crippen molar-refractivity contribution in [3.8, 4) is 22.9 Å². The number of fused-ring (bicyclic) bond motifs is 1. The second kappa shape index (κ2) is 11.8. The fourth-order valence-corrected chi connectivity index (χ4v) is 6.24. The lowest BCUT2D eigenvalue weighted by Crippen LogP contribution is -2.54. The summed E-state index contributed by atoms with van der Waals surface area (Å²) in [7, 11) is 0. The molecule has 2 heterocycles. The number of hydrogen-bond donors (Lipinski definition) is 1. The van der Waals surface area contributed by atoms with E-state index < -0.39 is 11.5 Å². The van der Waals surface area contributed by atoms with Crippen molar-refractivity contribution >= 4 is 40.0 Å². The number of rotatable bonds is 6. The molecule has 0 unspecified atom stereocenters. The molecule has 0 aliphatic carbocycles. The van der Waals surface area contributed by atoms with Crippen LogP contribution in [-0.2, 0) is 4.79 Å². The lowest BCUT2D eigenvalue weighted by Gasteiger charge is -2.41. The zero-order valence-electron chi connectivity index (χ0n) is 24.3. The van der Waals surface area contributed by atoms with Crippen LogP contribution in [0.3, 0.4) is 0 Å². The van der Waals surface area contributed by atoms with Crippen LogP contribution in [0.15, 0.2) is 78.1 Å². The van der Waals surface area contributed by atoms with Crippen molar-refractivity contribution in [2.75, 3.05) is 24.5 Å². The Morgan fingerprint density at radius 1 is 1.09 bits per heavy atom. The van der Waals surface area contributed by atoms with Crippen molar-refractivity contribution in [1.29, 1.82) is 5.26 Å². The third-order valence-corrected chi connectivity index (χ3v) is 8.34. The molecule has 0 bridgehead atoms. The molecule has 2 amide bonds. The molecule has 218 valence electrons. The largest absolute Gasteiger partial charge is 0.366 e. The fourth-order valence-electron chi connectivity index (χ4n) is 5.97. The number of halogens is 1. The van der Waals surface area contributed by atoms with Crippen LogP contribution in [-0.4, -0.2) is 47.0 Å². The maximum atomic E-state index is 14.4. The Kier molecular flexibility index (Phi) is 8.12. The topological polar surface area (TPSA) is 112 Å². The van der Waals surface area contributed by atoms with Gasteiger partial charge in [0.05, 0.1) is 16.9 Å². The zero-order chi connectivity index (χ0) is 31.0. The number of para-hydroxylation sites is 1. The van der Waals surface area contributed by atoms with Gasteiger partial charge in [0, 0.05) is 47.2 Å². The van der Waals surface area contributed by atoms with Crippen LogP contribution in [0.5, 0.6) is 0 Å². The third kappa shape index (κ3) is 5.17. The maximum Gasteiger partial charge on any atom is 0.275 e. The first-order chi connectivity index (χ1) is 20.6. The Morgan fingerprint density at radius 3 is 2.44 bits per heavy atom. The zero-order valence-corrected chi connectivity index (χ0v) is 25.1. The molecule has 2 N–H and O–H groups in total. The summed E-state index contributed by atoms with van der Waals surface area (Å²) >= 11 is 6.96. The van der Waals surface area contributed by atoms with E-state index in [0.717, 1.165) is 5.56 Å². The Labute approximate surface area is 255 Å². The molecule has 0 spiro atoms. The molecular formula is C34H32ClN5O3. The Balaban J connectivity index is 1.89. The van der Waals surface area contributed by atoms with E-state index in [2.05, 4.69) is 12.6 Å². The third-order valence-electron chi connectivity index (χ3n) is 8.03. The van der Waals surface area contributed by atoms with E-state index in [9.17, 15) is 19.6 Å². The van der Waals surface area contributed by atoms with Crippen molar-refractivity contribution in [3.63, 3.8) is 0 Å². The van der Waals surface area contributed by atoms with Crippen LogP contribution in [0.2, 0.25) is 5.02 Å². The van der Waals surface area contributed by atoms with Crippen LogP contribution >= 0.6 is 11.6 Å². The normalized spacial score (nSPS) is 15.0. The first-order valence-electron chi connectivity index (χ1n) is 14.1.